The second kappa shape index (κ2) is 9.89. The summed E-state index contributed by atoms with van der Waals surface area (Å²) in [5, 5.41) is -0.193. The van der Waals surface area contributed by atoms with Crippen LogP contribution in [0.25, 0.3) is 0 Å². The maximum atomic E-state index is 12.8. The van der Waals surface area contributed by atoms with Crippen molar-refractivity contribution in [2.75, 3.05) is 26.5 Å². The van der Waals surface area contributed by atoms with Crippen LogP contribution in [0.15, 0.2) is 4.99 Å². The van der Waals surface area contributed by atoms with Crippen LogP contribution in [0, 0.1) is 0 Å². The molecule has 0 aliphatic carbocycles. The second-order valence-electron chi connectivity index (χ2n) is 8.18. The van der Waals surface area contributed by atoms with Crippen LogP contribution in [0.4, 0.5) is 4.79 Å². The highest BCUT2D eigenvalue weighted by atomic mass is 32.2. The zero-order valence-electron chi connectivity index (χ0n) is 17.9. The zero-order chi connectivity index (χ0) is 21.7. The molecule has 10 heteroatoms. The van der Waals surface area contributed by atoms with Gasteiger partial charge in [0.1, 0.15) is 11.4 Å². The first-order valence-electron chi connectivity index (χ1n) is 10.6. The van der Waals surface area contributed by atoms with E-state index >= 15 is 0 Å². The number of fused-ring (bicyclic) bond motifs is 1. The van der Waals surface area contributed by atoms with Crippen LogP contribution in [0.3, 0.4) is 0 Å². The summed E-state index contributed by atoms with van der Waals surface area (Å²) in [4.78, 5) is 44.9. The van der Waals surface area contributed by atoms with Gasteiger partial charge in [-0.15, -0.1) is 11.8 Å². The van der Waals surface area contributed by atoms with Gasteiger partial charge in [-0.05, 0) is 33.6 Å². The van der Waals surface area contributed by atoms with E-state index < -0.39 is 35.7 Å². The van der Waals surface area contributed by atoms with Gasteiger partial charge in [0.2, 0.25) is 6.79 Å². The number of amides is 1. The van der Waals surface area contributed by atoms with Crippen molar-refractivity contribution in [2.24, 2.45) is 4.99 Å². The molecular formula is C20H31N3O6S. The SMILES string of the molecule is CCOC(=O)OCOC(=O)[C@@H]1N2C(=O)[C@@H](N=CN3CCCCCCC3)[C@H]2SC1(C)C. The highest BCUT2D eigenvalue weighted by Gasteiger charge is 2.64. The molecule has 0 aromatic rings. The average molecular weight is 442 g/mol. The van der Waals surface area contributed by atoms with Gasteiger partial charge in [0, 0.05) is 17.8 Å². The Morgan fingerprint density at radius 2 is 1.80 bits per heavy atom. The summed E-state index contributed by atoms with van der Waals surface area (Å²) in [6.07, 6.45) is 6.96. The molecule has 3 heterocycles. The van der Waals surface area contributed by atoms with Gasteiger partial charge in [0.05, 0.1) is 12.9 Å². The standard InChI is InChI=1S/C20H31N3O6S/c1-4-27-19(26)29-13-28-18(25)15-20(2,3)30-17-14(16(24)23(15)17)21-12-22-10-8-6-5-7-9-11-22/h12,14-15,17H,4-11,13H2,1-3H3/t14-,15+,17-/m1/s1. The third kappa shape index (κ3) is 5.01. The molecule has 3 atom stereocenters. The Kier molecular flexibility index (Phi) is 7.49. The Hall–Kier alpha value is -1.97. The fraction of sp³-hybridized carbons (Fsp3) is 0.800. The van der Waals surface area contributed by atoms with E-state index in [0.717, 1.165) is 25.9 Å². The minimum atomic E-state index is -0.901. The van der Waals surface area contributed by atoms with E-state index in [4.69, 9.17) is 9.47 Å². The molecule has 0 aromatic heterocycles. The van der Waals surface area contributed by atoms with Gasteiger partial charge in [0.25, 0.3) is 5.91 Å². The predicted octanol–water partition coefficient (Wildman–Crippen LogP) is 2.39. The minimum Gasteiger partial charge on any atom is -0.435 e. The number of rotatable bonds is 6. The highest BCUT2D eigenvalue weighted by molar-refractivity contribution is 8.01. The van der Waals surface area contributed by atoms with E-state index in [9.17, 15) is 14.4 Å². The van der Waals surface area contributed by atoms with Crippen LogP contribution < -0.4 is 0 Å². The molecule has 3 saturated heterocycles. The van der Waals surface area contributed by atoms with Gasteiger partial charge in [-0.25, -0.2) is 9.59 Å². The molecule has 3 fully saturated rings. The summed E-state index contributed by atoms with van der Waals surface area (Å²) >= 11 is 1.55. The monoisotopic (exact) mass is 441 g/mol. The normalized spacial score (nSPS) is 28.4. The van der Waals surface area contributed by atoms with Crippen LogP contribution in [0.5, 0.6) is 0 Å². The van der Waals surface area contributed by atoms with E-state index in [1.54, 1.807) is 23.6 Å². The summed E-state index contributed by atoms with van der Waals surface area (Å²) < 4.78 is 13.9. The van der Waals surface area contributed by atoms with Crippen molar-refractivity contribution in [2.45, 2.75) is 75.1 Å². The number of thioether (sulfide) groups is 1. The topological polar surface area (TPSA) is 97.7 Å². The zero-order valence-corrected chi connectivity index (χ0v) is 18.7. The lowest BCUT2D eigenvalue weighted by atomic mass is 9.96. The van der Waals surface area contributed by atoms with Gasteiger partial charge < -0.3 is 24.0 Å². The molecule has 3 rings (SSSR count). The third-order valence-electron chi connectivity index (χ3n) is 5.56. The molecule has 0 unspecified atom stereocenters. The van der Waals surface area contributed by atoms with E-state index in [0.29, 0.717) is 0 Å². The smallest absolute Gasteiger partial charge is 0.435 e. The molecular weight excluding hydrogens is 410 g/mol. The number of likely N-dealkylation sites (tertiary alicyclic amines) is 1. The van der Waals surface area contributed by atoms with E-state index in [1.165, 1.54) is 19.3 Å². The van der Waals surface area contributed by atoms with Gasteiger partial charge in [-0.3, -0.25) is 9.79 Å². The Morgan fingerprint density at radius 1 is 1.13 bits per heavy atom. The molecule has 3 aliphatic rings. The van der Waals surface area contributed by atoms with Crippen molar-refractivity contribution in [3.63, 3.8) is 0 Å². The lowest BCUT2D eigenvalue weighted by molar-refractivity contribution is -0.169. The fourth-order valence-corrected chi connectivity index (χ4v) is 5.65. The Morgan fingerprint density at radius 3 is 2.47 bits per heavy atom. The van der Waals surface area contributed by atoms with E-state index in [2.05, 4.69) is 14.6 Å². The molecule has 1 amide bonds. The lowest BCUT2D eigenvalue weighted by Crippen LogP contribution is -2.65. The maximum Gasteiger partial charge on any atom is 0.511 e. The first-order chi connectivity index (χ1) is 14.3. The largest absolute Gasteiger partial charge is 0.511 e. The highest BCUT2D eigenvalue weighted by Crippen LogP contribution is 2.51. The molecule has 30 heavy (non-hydrogen) atoms. The molecule has 168 valence electrons. The second-order valence-corrected chi connectivity index (χ2v) is 9.95. The molecule has 9 nitrogen and oxygen atoms in total. The maximum absolute atomic E-state index is 12.8. The molecule has 3 aliphatic heterocycles. The van der Waals surface area contributed by atoms with Crippen molar-refractivity contribution in [1.29, 1.82) is 0 Å². The Labute approximate surface area is 181 Å². The average Bonchev–Trinajstić information content (AvgIpc) is 2.91. The number of β-lactam (4-membered cyclic amide) rings is 1. The number of esters is 1. The predicted molar refractivity (Wildman–Crippen MR) is 112 cm³/mol. The van der Waals surface area contributed by atoms with E-state index in [-0.39, 0.29) is 17.9 Å². The number of nitrogens with zero attached hydrogens (tertiary/aromatic N) is 3. The van der Waals surface area contributed by atoms with Crippen molar-refractivity contribution < 1.29 is 28.6 Å². The molecule has 0 bridgehead atoms. The number of hydrogen-bond donors (Lipinski definition) is 0. The number of ether oxygens (including phenoxy) is 3. The van der Waals surface area contributed by atoms with Crippen molar-refractivity contribution in [1.82, 2.24) is 9.80 Å². The summed E-state index contributed by atoms with van der Waals surface area (Å²) in [5.41, 5.74) is 0. The van der Waals surface area contributed by atoms with Crippen molar-refractivity contribution in [3.05, 3.63) is 0 Å². The number of hydrogen-bond acceptors (Lipinski definition) is 8. The number of aliphatic imine (C=N–C) groups is 1. The number of carbonyl (C=O) groups is 3. The summed E-state index contributed by atoms with van der Waals surface area (Å²) in [6.45, 7) is 7.01. The van der Waals surface area contributed by atoms with Gasteiger partial charge >= 0.3 is 12.1 Å². The fourth-order valence-electron chi connectivity index (χ4n) is 4.04. The van der Waals surface area contributed by atoms with Crippen LogP contribution in [0.2, 0.25) is 0 Å². The quantitative estimate of drug-likeness (QED) is 0.204. The Balaban J connectivity index is 1.57. The van der Waals surface area contributed by atoms with Gasteiger partial charge in [0.15, 0.2) is 6.04 Å². The van der Waals surface area contributed by atoms with Crippen LogP contribution in [-0.4, -0.2) is 82.9 Å². The van der Waals surface area contributed by atoms with Gasteiger partial charge in [-0.2, -0.15) is 0 Å². The molecule has 0 N–H and O–H groups in total. The molecule has 0 saturated carbocycles. The lowest BCUT2D eigenvalue weighted by Gasteiger charge is -2.42. The summed E-state index contributed by atoms with van der Waals surface area (Å²) in [5.74, 6) is -0.770. The minimum absolute atomic E-state index is 0.169. The van der Waals surface area contributed by atoms with Crippen LogP contribution in [0.1, 0.15) is 52.9 Å². The van der Waals surface area contributed by atoms with Crippen LogP contribution >= 0.6 is 11.8 Å². The molecule has 0 spiro atoms. The molecule has 0 radical (unpaired) electrons. The summed E-state index contributed by atoms with van der Waals surface area (Å²) in [6, 6.07) is -1.23. The number of carbonyl (C=O) groups excluding carboxylic acids is 3. The first-order valence-corrected chi connectivity index (χ1v) is 11.5. The third-order valence-corrected chi connectivity index (χ3v) is 7.11. The first kappa shape index (κ1) is 22.7. The van der Waals surface area contributed by atoms with Crippen molar-refractivity contribution in [3.8, 4) is 0 Å². The van der Waals surface area contributed by atoms with Gasteiger partial charge in [-0.1, -0.05) is 19.3 Å². The molecule has 0 aromatic carbocycles. The van der Waals surface area contributed by atoms with Crippen molar-refractivity contribution >= 4 is 36.1 Å². The van der Waals surface area contributed by atoms with E-state index in [1.807, 2.05) is 20.2 Å². The van der Waals surface area contributed by atoms with Crippen LogP contribution in [-0.2, 0) is 23.8 Å². The summed E-state index contributed by atoms with van der Waals surface area (Å²) in [7, 11) is 0. The Bertz CT molecular complexity index is 677.